The highest BCUT2D eigenvalue weighted by molar-refractivity contribution is 5.94. The summed E-state index contributed by atoms with van der Waals surface area (Å²) in [6.07, 6.45) is 4.51. The van der Waals surface area contributed by atoms with Crippen LogP contribution in [0, 0.1) is 25.7 Å². The number of carbonyl (C=O) groups excluding carboxylic acids is 1. The number of fused-ring (bicyclic) bond motifs is 1. The normalized spacial score (nSPS) is 23.7. The maximum Gasteiger partial charge on any atom is 0.255 e. The highest BCUT2D eigenvalue weighted by atomic mass is 16.5. The van der Waals surface area contributed by atoms with Gasteiger partial charge in [-0.2, -0.15) is 0 Å². The summed E-state index contributed by atoms with van der Waals surface area (Å²) in [5, 5.41) is 4.06. The van der Waals surface area contributed by atoms with Gasteiger partial charge in [0.15, 0.2) is 0 Å². The molecule has 2 aliphatic heterocycles. The smallest absolute Gasteiger partial charge is 0.255 e. The zero-order valence-corrected chi connectivity index (χ0v) is 14.8. The van der Waals surface area contributed by atoms with Crippen LogP contribution in [0.1, 0.15) is 33.8 Å². The van der Waals surface area contributed by atoms with Crippen molar-refractivity contribution in [2.24, 2.45) is 11.8 Å². The zero-order chi connectivity index (χ0) is 17.4. The Morgan fingerprint density at radius 1 is 1.28 bits per heavy atom. The topological polar surface area (TPSA) is 62.5 Å². The molecule has 2 aliphatic rings. The van der Waals surface area contributed by atoms with Crippen LogP contribution in [0.2, 0.25) is 0 Å². The fourth-order valence-corrected chi connectivity index (χ4v) is 4.18. The molecule has 2 saturated heterocycles. The van der Waals surface area contributed by atoms with Crippen molar-refractivity contribution >= 4 is 5.91 Å². The first-order valence-corrected chi connectivity index (χ1v) is 8.95. The summed E-state index contributed by atoms with van der Waals surface area (Å²) in [4.78, 5) is 21.2. The SMILES string of the molecule is Cc1noc(C)c1CN1CC[C@H]2CN(C(=O)c3cccnc3)C[C@H]2C1. The summed E-state index contributed by atoms with van der Waals surface area (Å²) in [5.41, 5.74) is 2.88. The average Bonchev–Trinajstić information content (AvgIpc) is 3.20. The molecule has 0 N–H and O–H groups in total. The molecule has 0 saturated carbocycles. The number of aryl methyl sites for hydroxylation is 2. The van der Waals surface area contributed by atoms with Gasteiger partial charge in [-0.3, -0.25) is 14.7 Å². The fourth-order valence-electron chi connectivity index (χ4n) is 4.18. The van der Waals surface area contributed by atoms with Crippen LogP contribution in [0.25, 0.3) is 0 Å². The molecule has 0 aromatic carbocycles. The molecule has 25 heavy (non-hydrogen) atoms. The largest absolute Gasteiger partial charge is 0.361 e. The minimum atomic E-state index is 0.111. The minimum Gasteiger partial charge on any atom is -0.361 e. The third-order valence-corrected chi connectivity index (χ3v) is 5.64. The third-order valence-electron chi connectivity index (χ3n) is 5.64. The lowest BCUT2D eigenvalue weighted by Crippen LogP contribution is -2.39. The molecular weight excluding hydrogens is 316 g/mol. The summed E-state index contributed by atoms with van der Waals surface area (Å²) >= 11 is 0. The second kappa shape index (κ2) is 6.59. The molecule has 4 heterocycles. The van der Waals surface area contributed by atoms with Gasteiger partial charge in [0.2, 0.25) is 0 Å². The van der Waals surface area contributed by atoms with Crippen molar-refractivity contribution < 1.29 is 9.32 Å². The molecule has 2 atom stereocenters. The summed E-state index contributed by atoms with van der Waals surface area (Å²) in [6, 6.07) is 3.67. The number of piperidine rings is 1. The van der Waals surface area contributed by atoms with E-state index < -0.39 is 0 Å². The van der Waals surface area contributed by atoms with Gasteiger partial charge in [0, 0.05) is 44.1 Å². The first kappa shape index (κ1) is 16.3. The maximum absolute atomic E-state index is 12.7. The number of hydrogen-bond acceptors (Lipinski definition) is 5. The molecule has 2 aromatic heterocycles. The Bertz CT molecular complexity index is 739. The molecule has 0 aliphatic carbocycles. The van der Waals surface area contributed by atoms with E-state index in [1.165, 1.54) is 5.56 Å². The van der Waals surface area contributed by atoms with Crippen molar-refractivity contribution in [2.75, 3.05) is 26.2 Å². The Kier molecular flexibility index (Phi) is 4.29. The Labute approximate surface area is 147 Å². The van der Waals surface area contributed by atoms with E-state index in [-0.39, 0.29) is 5.91 Å². The summed E-state index contributed by atoms with van der Waals surface area (Å²) in [6.45, 7) is 8.69. The average molecular weight is 340 g/mol. The number of likely N-dealkylation sites (tertiary alicyclic amines) is 2. The first-order valence-electron chi connectivity index (χ1n) is 8.95. The number of pyridine rings is 1. The van der Waals surface area contributed by atoms with Crippen LogP contribution in [0.15, 0.2) is 29.0 Å². The van der Waals surface area contributed by atoms with Crippen molar-refractivity contribution in [3.8, 4) is 0 Å². The van der Waals surface area contributed by atoms with Crippen LogP contribution in [-0.2, 0) is 6.54 Å². The molecule has 132 valence electrons. The van der Waals surface area contributed by atoms with Crippen LogP contribution in [0.4, 0.5) is 0 Å². The van der Waals surface area contributed by atoms with Crippen LogP contribution in [-0.4, -0.2) is 52.0 Å². The van der Waals surface area contributed by atoms with Gasteiger partial charge in [0.05, 0.1) is 11.3 Å². The van der Waals surface area contributed by atoms with Gasteiger partial charge in [-0.05, 0) is 50.8 Å². The molecule has 6 heteroatoms. The van der Waals surface area contributed by atoms with E-state index in [9.17, 15) is 4.79 Å². The van der Waals surface area contributed by atoms with Gasteiger partial charge in [0.1, 0.15) is 5.76 Å². The van der Waals surface area contributed by atoms with Crippen LogP contribution in [0.5, 0.6) is 0 Å². The van der Waals surface area contributed by atoms with Gasteiger partial charge in [0.25, 0.3) is 5.91 Å². The minimum absolute atomic E-state index is 0.111. The highest BCUT2D eigenvalue weighted by Crippen LogP contribution is 2.33. The monoisotopic (exact) mass is 340 g/mol. The Balaban J connectivity index is 1.40. The highest BCUT2D eigenvalue weighted by Gasteiger charge is 2.39. The number of amides is 1. The molecular formula is C19H24N4O2. The van der Waals surface area contributed by atoms with Gasteiger partial charge < -0.3 is 9.42 Å². The van der Waals surface area contributed by atoms with Crippen molar-refractivity contribution in [1.29, 1.82) is 0 Å². The van der Waals surface area contributed by atoms with Gasteiger partial charge in [-0.15, -0.1) is 0 Å². The molecule has 0 bridgehead atoms. The predicted octanol–water partition coefficient (Wildman–Crippen LogP) is 2.28. The summed E-state index contributed by atoms with van der Waals surface area (Å²) in [7, 11) is 0. The van der Waals surface area contributed by atoms with Crippen molar-refractivity contribution in [3.63, 3.8) is 0 Å². The maximum atomic E-state index is 12.7. The summed E-state index contributed by atoms with van der Waals surface area (Å²) < 4.78 is 5.29. The van der Waals surface area contributed by atoms with Crippen molar-refractivity contribution in [3.05, 3.63) is 47.1 Å². The second-order valence-electron chi connectivity index (χ2n) is 7.30. The van der Waals surface area contributed by atoms with Crippen molar-refractivity contribution in [2.45, 2.75) is 26.8 Å². The van der Waals surface area contributed by atoms with E-state index in [2.05, 4.69) is 15.0 Å². The van der Waals surface area contributed by atoms with Gasteiger partial charge in [-0.1, -0.05) is 5.16 Å². The van der Waals surface area contributed by atoms with E-state index >= 15 is 0 Å². The van der Waals surface area contributed by atoms with Crippen LogP contribution >= 0.6 is 0 Å². The predicted molar refractivity (Wildman–Crippen MR) is 93.0 cm³/mol. The molecule has 4 rings (SSSR count). The second-order valence-corrected chi connectivity index (χ2v) is 7.30. The molecule has 6 nitrogen and oxygen atoms in total. The molecule has 0 unspecified atom stereocenters. The Morgan fingerprint density at radius 3 is 2.84 bits per heavy atom. The van der Waals surface area contributed by atoms with E-state index in [0.29, 0.717) is 17.4 Å². The standard InChI is InChI=1S/C19H24N4O2/c1-13-18(14(2)25-21-13)12-22-7-5-16-10-23(11-17(16)9-22)19(24)15-4-3-6-20-8-15/h3-4,6,8,16-17H,5,7,9-12H2,1-2H3/t16-,17+/m0/s1. The van der Waals surface area contributed by atoms with Crippen molar-refractivity contribution in [1.82, 2.24) is 19.9 Å². The first-order chi connectivity index (χ1) is 12.1. The van der Waals surface area contributed by atoms with Gasteiger partial charge in [-0.25, -0.2) is 0 Å². The lowest BCUT2D eigenvalue weighted by atomic mass is 9.88. The van der Waals surface area contributed by atoms with E-state index in [0.717, 1.165) is 50.6 Å². The quantitative estimate of drug-likeness (QED) is 0.858. The number of rotatable bonds is 3. The van der Waals surface area contributed by atoms with E-state index in [1.54, 1.807) is 12.4 Å². The number of hydrogen-bond donors (Lipinski definition) is 0. The number of aromatic nitrogens is 2. The Hall–Kier alpha value is -2.21. The van der Waals surface area contributed by atoms with E-state index in [1.807, 2.05) is 30.9 Å². The molecule has 2 fully saturated rings. The third kappa shape index (κ3) is 3.18. The summed E-state index contributed by atoms with van der Waals surface area (Å²) in [5.74, 6) is 2.19. The number of carbonyl (C=O) groups is 1. The zero-order valence-electron chi connectivity index (χ0n) is 14.8. The van der Waals surface area contributed by atoms with Crippen LogP contribution < -0.4 is 0 Å². The molecule has 0 spiro atoms. The Morgan fingerprint density at radius 2 is 2.12 bits per heavy atom. The molecule has 0 radical (unpaired) electrons. The lowest BCUT2D eigenvalue weighted by Gasteiger charge is -2.34. The molecule has 2 aromatic rings. The molecule has 1 amide bonds. The van der Waals surface area contributed by atoms with Gasteiger partial charge >= 0.3 is 0 Å². The van der Waals surface area contributed by atoms with Crippen LogP contribution in [0.3, 0.4) is 0 Å². The number of nitrogens with zero attached hydrogens (tertiary/aromatic N) is 4. The fraction of sp³-hybridized carbons (Fsp3) is 0.526. The van der Waals surface area contributed by atoms with E-state index in [4.69, 9.17) is 4.52 Å². The lowest BCUT2D eigenvalue weighted by molar-refractivity contribution is 0.0783.